The molecule has 0 spiro atoms. The first-order chi connectivity index (χ1) is 7.90. The van der Waals surface area contributed by atoms with E-state index >= 15 is 0 Å². The third-order valence-corrected chi connectivity index (χ3v) is 3.68. The summed E-state index contributed by atoms with van der Waals surface area (Å²) in [5, 5.41) is 9.07. The second-order valence-electron chi connectivity index (χ2n) is 4.44. The molecule has 0 bridgehead atoms. The van der Waals surface area contributed by atoms with Crippen LogP contribution in [-0.4, -0.2) is 28.0 Å². The fourth-order valence-electron chi connectivity index (χ4n) is 1.41. The molecule has 0 amide bonds. The molecule has 6 heteroatoms. The first kappa shape index (κ1) is 12.5. The number of carbonyl (C=O) groups is 1. The molecule has 17 heavy (non-hydrogen) atoms. The summed E-state index contributed by atoms with van der Waals surface area (Å²) in [6.45, 7) is 2.42. The zero-order valence-corrected chi connectivity index (χ0v) is 10.6. The number of hydrogen-bond donors (Lipinski definition) is 1. The number of aromatic nitrogens is 1. The Morgan fingerprint density at radius 3 is 2.88 bits per heavy atom. The van der Waals surface area contributed by atoms with E-state index in [0.717, 1.165) is 6.42 Å². The average Bonchev–Trinajstić information content (AvgIpc) is 2.84. The van der Waals surface area contributed by atoms with Crippen molar-refractivity contribution in [2.45, 2.75) is 18.7 Å². The molecule has 1 fully saturated rings. The normalized spacial score (nSPS) is 26.6. The molecular formula is C11H11Cl2NO3. The highest BCUT2D eigenvalue weighted by Gasteiger charge is 2.49. The number of carboxylic acids is 1. The third kappa shape index (κ3) is 2.82. The predicted octanol–water partition coefficient (Wildman–Crippen LogP) is 2.83. The number of ether oxygens (including phenoxy) is 1. The average molecular weight is 276 g/mol. The molecule has 0 aromatic carbocycles. The summed E-state index contributed by atoms with van der Waals surface area (Å²) in [5.41, 5.74) is 0.0120. The van der Waals surface area contributed by atoms with Gasteiger partial charge >= 0.3 is 5.97 Å². The third-order valence-electron chi connectivity index (χ3n) is 2.81. The summed E-state index contributed by atoms with van der Waals surface area (Å²) < 4.78 is 5.43. The number of carboxylic acid groups (broad SMARTS) is 1. The maximum Gasteiger partial charge on any atom is 0.335 e. The van der Waals surface area contributed by atoms with Crippen LogP contribution in [0.5, 0.6) is 5.88 Å². The smallest absolute Gasteiger partial charge is 0.335 e. The molecule has 1 heterocycles. The van der Waals surface area contributed by atoms with Crippen LogP contribution in [0.1, 0.15) is 23.7 Å². The number of alkyl halides is 1. The predicted molar refractivity (Wildman–Crippen MR) is 64.1 cm³/mol. The van der Waals surface area contributed by atoms with Crippen molar-refractivity contribution < 1.29 is 14.6 Å². The number of pyridine rings is 1. The Morgan fingerprint density at radius 2 is 2.35 bits per heavy atom. The maximum atomic E-state index is 10.8. The SMILES string of the molecule is C[C@@]1(COc2cc(C(=O)O)cc(Cl)n2)C[C@H]1Cl. The Balaban J connectivity index is 2.08. The standard InChI is InChI=1S/C11H11Cl2NO3/c1-11(4-7(11)12)5-17-9-3-6(10(15)16)2-8(13)14-9/h2-3,7H,4-5H2,1H3,(H,15,16)/t7-,11+/m1/s1. The van der Waals surface area contributed by atoms with Crippen molar-refractivity contribution in [3.8, 4) is 5.88 Å². The van der Waals surface area contributed by atoms with Crippen LogP contribution in [0, 0.1) is 5.41 Å². The van der Waals surface area contributed by atoms with E-state index in [-0.39, 0.29) is 27.4 Å². The molecule has 92 valence electrons. The topological polar surface area (TPSA) is 59.4 Å². The molecule has 2 atom stereocenters. The van der Waals surface area contributed by atoms with Crippen molar-refractivity contribution in [3.63, 3.8) is 0 Å². The lowest BCUT2D eigenvalue weighted by Crippen LogP contribution is -2.13. The van der Waals surface area contributed by atoms with Gasteiger partial charge in [-0.1, -0.05) is 18.5 Å². The van der Waals surface area contributed by atoms with Gasteiger partial charge in [0.05, 0.1) is 12.2 Å². The summed E-state index contributed by atoms with van der Waals surface area (Å²) in [6.07, 6.45) is 0.890. The van der Waals surface area contributed by atoms with E-state index in [4.69, 9.17) is 33.0 Å². The molecule has 1 saturated carbocycles. The number of halogens is 2. The number of nitrogens with zero attached hydrogens (tertiary/aromatic N) is 1. The van der Waals surface area contributed by atoms with Gasteiger partial charge in [-0.15, -0.1) is 11.6 Å². The van der Waals surface area contributed by atoms with E-state index in [0.29, 0.717) is 6.61 Å². The van der Waals surface area contributed by atoms with Crippen molar-refractivity contribution >= 4 is 29.2 Å². The lowest BCUT2D eigenvalue weighted by molar-refractivity contribution is 0.0696. The molecule has 0 unspecified atom stereocenters. The first-order valence-corrected chi connectivity index (χ1v) is 5.90. The van der Waals surface area contributed by atoms with Crippen LogP contribution in [0.4, 0.5) is 0 Å². The molecule has 0 aliphatic heterocycles. The molecular weight excluding hydrogens is 265 g/mol. The van der Waals surface area contributed by atoms with Crippen LogP contribution in [-0.2, 0) is 0 Å². The van der Waals surface area contributed by atoms with Crippen LogP contribution >= 0.6 is 23.2 Å². The molecule has 1 N–H and O–H groups in total. The van der Waals surface area contributed by atoms with Gasteiger partial charge in [-0.2, -0.15) is 0 Å². The van der Waals surface area contributed by atoms with Gasteiger partial charge in [0.1, 0.15) is 5.15 Å². The molecule has 4 nitrogen and oxygen atoms in total. The van der Waals surface area contributed by atoms with Crippen molar-refractivity contribution in [2.24, 2.45) is 5.41 Å². The Bertz CT molecular complexity index is 466. The quantitative estimate of drug-likeness (QED) is 0.678. The van der Waals surface area contributed by atoms with E-state index in [1.807, 2.05) is 6.92 Å². The van der Waals surface area contributed by atoms with Gasteiger partial charge in [0.2, 0.25) is 5.88 Å². The van der Waals surface area contributed by atoms with Crippen molar-refractivity contribution in [2.75, 3.05) is 6.61 Å². The summed E-state index contributed by atoms with van der Waals surface area (Å²) in [6, 6.07) is 2.63. The monoisotopic (exact) mass is 275 g/mol. The molecule has 2 rings (SSSR count). The lowest BCUT2D eigenvalue weighted by Gasteiger charge is -2.11. The minimum Gasteiger partial charge on any atom is -0.478 e. The van der Waals surface area contributed by atoms with Gasteiger partial charge in [-0.25, -0.2) is 9.78 Å². The summed E-state index contributed by atoms with van der Waals surface area (Å²) >= 11 is 11.7. The zero-order valence-electron chi connectivity index (χ0n) is 9.11. The Hall–Kier alpha value is -1.000. The van der Waals surface area contributed by atoms with Crippen LogP contribution < -0.4 is 4.74 Å². The number of hydrogen-bond acceptors (Lipinski definition) is 3. The number of rotatable bonds is 4. The van der Waals surface area contributed by atoms with Gasteiger partial charge in [-0.05, 0) is 12.5 Å². The van der Waals surface area contributed by atoms with E-state index in [1.165, 1.54) is 12.1 Å². The van der Waals surface area contributed by atoms with E-state index in [1.54, 1.807) is 0 Å². The second-order valence-corrected chi connectivity index (χ2v) is 5.35. The molecule has 0 saturated heterocycles. The Kier molecular flexibility index (Phi) is 3.19. The highest BCUT2D eigenvalue weighted by atomic mass is 35.5. The Morgan fingerprint density at radius 1 is 1.71 bits per heavy atom. The highest BCUT2D eigenvalue weighted by molar-refractivity contribution is 6.29. The van der Waals surface area contributed by atoms with Crippen molar-refractivity contribution in [3.05, 3.63) is 22.8 Å². The van der Waals surface area contributed by atoms with Crippen LogP contribution in [0.25, 0.3) is 0 Å². The highest BCUT2D eigenvalue weighted by Crippen LogP contribution is 2.49. The van der Waals surface area contributed by atoms with E-state index in [2.05, 4.69) is 4.98 Å². The molecule has 1 aromatic heterocycles. The summed E-state index contributed by atoms with van der Waals surface area (Å²) in [4.78, 5) is 14.7. The molecule has 1 aliphatic carbocycles. The van der Waals surface area contributed by atoms with Crippen LogP contribution in [0.3, 0.4) is 0 Å². The van der Waals surface area contributed by atoms with Crippen LogP contribution in [0.2, 0.25) is 5.15 Å². The van der Waals surface area contributed by atoms with Gasteiger partial charge in [0, 0.05) is 16.9 Å². The van der Waals surface area contributed by atoms with Crippen molar-refractivity contribution in [1.29, 1.82) is 0 Å². The largest absolute Gasteiger partial charge is 0.478 e. The lowest BCUT2D eigenvalue weighted by atomic mass is 10.2. The van der Waals surface area contributed by atoms with E-state index < -0.39 is 5.97 Å². The van der Waals surface area contributed by atoms with Crippen LogP contribution in [0.15, 0.2) is 12.1 Å². The second kappa shape index (κ2) is 4.35. The fourth-order valence-corrected chi connectivity index (χ4v) is 2.03. The van der Waals surface area contributed by atoms with Gasteiger partial charge in [0.25, 0.3) is 0 Å². The van der Waals surface area contributed by atoms with Gasteiger partial charge in [-0.3, -0.25) is 0 Å². The van der Waals surface area contributed by atoms with Gasteiger partial charge < -0.3 is 9.84 Å². The number of aromatic carboxylic acids is 1. The van der Waals surface area contributed by atoms with Crippen molar-refractivity contribution in [1.82, 2.24) is 4.98 Å². The Labute approximate surface area is 109 Å². The summed E-state index contributed by atoms with van der Waals surface area (Å²) in [5.74, 6) is -0.848. The summed E-state index contributed by atoms with van der Waals surface area (Å²) in [7, 11) is 0. The minimum atomic E-state index is -1.06. The first-order valence-electron chi connectivity index (χ1n) is 5.08. The maximum absolute atomic E-state index is 10.8. The molecule has 0 radical (unpaired) electrons. The van der Waals surface area contributed by atoms with E-state index in [9.17, 15) is 4.79 Å². The minimum absolute atomic E-state index is 0.0467. The zero-order chi connectivity index (χ0) is 12.6. The van der Waals surface area contributed by atoms with Gasteiger partial charge in [0.15, 0.2) is 0 Å². The molecule has 1 aliphatic rings. The fraction of sp³-hybridized carbons (Fsp3) is 0.455. The molecule has 1 aromatic rings.